The van der Waals surface area contributed by atoms with Crippen LogP contribution in [0.25, 0.3) is 0 Å². The first-order valence-electron chi connectivity index (χ1n) is 9.70. The van der Waals surface area contributed by atoms with Gasteiger partial charge in [0.05, 0.1) is 6.61 Å². The number of fused-ring (bicyclic) bond motifs is 2. The summed E-state index contributed by atoms with van der Waals surface area (Å²) in [5.41, 5.74) is 4.04. The second-order valence-electron chi connectivity index (χ2n) is 7.50. The molecule has 0 atom stereocenters. The van der Waals surface area contributed by atoms with Crippen LogP contribution in [-0.2, 0) is 6.42 Å². The standard InChI is InChI=1S/C12H16O.C11H14O2.CH4/c1-9(2)10-5-6-12-11(8-10)4-3-7-13-12;1-8(2)9-4-3-5-10-11(9)13-7-6-12-10;/h5-6,8-9H,3-4,7H2,1-2H3;3-5,8H,6-7H2,1-2H3;1H4. The number of ether oxygens (including phenoxy) is 3. The van der Waals surface area contributed by atoms with E-state index in [1.54, 1.807) is 0 Å². The van der Waals surface area contributed by atoms with Crippen molar-refractivity contribution in [2.75, 3.05) is 19.8 Å². The molecule has 0 saturated heterocycles. The molecule has 0 spiro atoms. The lowest BCUT2D eigenvalue weighted by Gasteiger charge is -2.22. The fourth-order valence-corrected chi connectivity index (χ4v) is 3.29. The van der Waals surface area contributed by atoms with Gasteiger partial charge in [0.2, 0.25) is 0 Å². The predicted molar refractivity (Wildman–Crippen MR) is 113 cm³/mol. The summed E-state index contributed by atoms with van der Waals surface area (Å²) in [6, 6.07) is 12.7. The molecule has 3 nitrogen and oxygen atoms in total. The SMILES string of the molecule is C.CC(C)c1ccc2c(c1)CCCO2.CC(C)c1cccc2c1OCCO2. The Morgan fingerprint density at radius 2 is 1.52 bits per heavy atom. The van der Waals surface area contributed by atoms with E-state index in [9.17, 15) is 0 Å². The molecule has 27 heavy (non-hydrogen) atoms. The molecule has 0 N–H and O–H groups in total. The lowest BCUT2D eigenvalue weighted by molar-refractivity contribution is 0.169. The molecule has 2 aliphatic rings. The maximum absolute atomic E-state index is 5.59. The van der Waals surface area contributed by atoms with E-state index in [2.05, 4.69) is 52.0 Å². The summed E-state index contributed by atoms with van der Waals surface area (Å²) in [4.78, 5) is 0. The molecule has 2 aromatic rings. The van der Waals surface area contributed by atoms with Crippen molar-refractivity contribution in [1.29, 1.82) is 0 Å². The first kappa shape index (κ1) is 21.1. The molecule has 3 heteroatoms. The summed E-state index contributed by atoms with van der Waals surface area (Å²) in [7, 11) is 0. The summed E-state index contributed by atoms with van der Waals surface area (Å²) in [5.74, 6) is 4.01. The molecule has 0 bridgehead atoms. The predicted octanol–water partition coefficient (Wildman–Crippen LogP) is 6.35. The van der Waals surface area contributed by atoms with Crippen LogP contribution < -0.4 is 14.2 Å². The summed E-state index contributed by atoms with van der Waals surface area (Å²) in [6.07, 6.45) is 2.34. The third-order valence-electron chi connectivity index (χ3n) is 4.82. The Kier molecular flexibility index (Phi) is 7.58. The molecule has 2 aromatic carbocycles. The van der Waals surface area contributed by atoms with Gasteiger partial charge in [-0.15, -0.1) is 0 Å². The largest absolute Gasteiger partial charge is 0.493 e. The molecule has 0 amide bonds. The average Bonchev–Trinajstić information content (AvgIpc) is 2.67. The zero-order valence-electron chi connectivity index (χ0n) is 16.4. The Hall–Kier alpha value is -2.16. The van der Waals surface area contributed by atoms with Crippen molar-refractivity contribution < 1.29 is 14.2 Å². The Morgan fingerprint density at radius 1 is 0.778 bits per heavy atom. The van der Waals surface area contributed by atoms with E-state index in [4.69, 9.17) is 14.2 Å². The number of hydrogen-bond donors (Lipinski definition) is 0. The van der Waals surface area contributed by atoms with E-state index < -0.39 is 0 Å². The second kappa shape index (κ2) is 9.68. The molecule has 0 saturated carbocycles. The highest BCUT2D eigenvalue weighted by Gasteiger charge is 2.16. The van der Waals surface area contributed by atoms with E-state index >= 15 is 0 Å². The Labute approximate surface area is 164 Å². The minimum absolute atomic E-state index is 0. The van der Waals surface area contributed by atoms with Gasteiger partial charge >= 0.3 is 0 Å². The highest BCUT2D eigenvalue weighted by molar-refractivity contribution is 5.48. The quantitative estimate of drug-likeness (QED) is 0.616. The first-order chi connectivity index (χ1) is 12.6. The highest BCUT2D eigenvalue weighted by Crippen LogP contribution is 2.37. The highest BCUT2D eigenvalue weighted by atomic mass is 16.6. The molecule has 2 aliphatic heterocycles. The number of hydrogen-bond acceptors (Lipinski definition) is 3. The van der Waals surface area contributed by atoms with Crippen LogP contribution in [-0.4, -0.2) is 19.8 Å². The van der Waals surface area contributed by atoms with Gasteiger partial charge in [0.1, 0.15) is 19.0 Å². The molecule has 0 radical (unpaired) electrons. The van der Waals surface area contributed by atoms with Crippen molar-refractivity contribution in [3.8, 4) is 17.2 Å². The summed E-state index contributed by atoms with van der Waals surface area (Å²) < 4.78 is 16.6. The smallest absolute Gasteiger partial charge is 0.164 e. The Morgan fingerprint density at radius 3 is 2.26 bits per heavy atom. The van der Waals surface area contributed by atoms with Crippen molar-refractivity contribution in [3.63, 3.8) is 0 Å². The molecule has 148 valence electrons. The number of benzene rings is 2. The van der Waals surface area contributed by atoms with Gasteiger partial charge in [0.15, 0.2) is 11.5 Å². The normalized spacial score (nSPS) is 14.4. The summed E-state index contributed by atoms with van der Waals surface area (Å²) in [5, 5.41) is 0. The molecule has 4 rings (SSSR count). The molecule has 0 aromatic heterocycles. The van der Waals surface area contributed by atoms with Crippen LogP contribution in [0.3, 0.4) is 0 Å². The van der Waals surface area contributed by atoms with Gasteiger partial charge < -0.3 is 14.2 Å². The van der Waals surface area contributed by atoms with E-state index in [1.165, 1.54) is 23.1 Å². The van der Waals surface area contributed by atoms with Gasteiger partial charge in [0.25, 0.3) is 0 Å². The van der Waals surface area contributed by atoms with Crippen molar-refractivity contribution in [1.82, 2.24) is 0 Å². The lowest BCUT2D eigenvalue weighted by atomic mass is 9.97. The van der Waals surface area contributed by atoms with E-state index in [0.717, 1.165) is 30.3 Å². The van der Waals surface area contributed by atoms with Crippen molar-refractivity contribution in [2.24, 2.45) is 0 Å². The summed E-state index contributed by atoms with van der Waals surface area (Å²) in [6.45, 7) is 11.0. The second-order valence-corrected chi connectivity index (χ2v) is 7.50. The molecule has 0 unspecified atom stereocenters. The Balaban J connectivity index is 0.000000187. The van der Waals surface area contributed by atoms with Crippen molar-refractivity contribution in [3.05, 3.63) is 53.1 Å². The Bertz CT molecular complexity index is 732. The zero-order valence-corrected chi connectivity index (χ0v) is 16.4. The van der Waals surface area contributed by atoms with E-state index in [0.29, 0.717) is 25.0 Å². The van der Waals surface area contributed by atoms with Crippen LogP contribution in [0.4, 0.5) is 0 Å². The van der Waals surface area contributed by atoms with Crippen LogP contribution in [0.5, 0.6) is 17.2 Å². The summed E-state index contributed by atoms with van der Waals surface area (Å²) >= 11 is 0. The van der Waals surface area contributed by atoms with E-state index in [1.807, 2.05) is 12.1 Å². The van der Waals surface area contributed by atoms with Crippen LogP contribution in [0.15, 0.2) is 36.4 Å². The molecule has 0 aliphatic carbocycles. The lowest BCUT2D eigenvalue weighted by Crippen LogP contribution is -2.16. The number of para-hydroxylation sites is 1. The average molecular weight is 371 g/mol. The minimum atomic E-state index is 0. The number of rotatable bonds is 2. The number of aryl methyl sites for hydroxylation is 1. The van der Waals surface area contributed by atoms with Gasteiger partial charge in [-0.1, -0.05) is 59.4 Å². The fourth-order valence-electron chi connectivity index (χ4n) is 3.29. The van der Waals surface area contributed by atoms with Crippen LogP contribution >= 0.6 is 0 Å². The molecular weight excluding hydrogens is 336 g/mol. The third-order valence-corrected chi connectivity index (χ3v) is 4.82. The molecule has 0 fully saturated rings. The van der Waals surface area contributed by atoms with Crippen molar-refractivity contribution in [2.45, 2.75) is 59.8 Å². The molecular formula is C24H34O3. The topological polar surface area (TPSA) is 27.7 Å². The molecule has 2 heterocycles. The van der Waals surface area contributed by atoms with Gasteiger partial charge in [-0.25, -0.2) is 0 Å². The zero-order chi connectivity index (χ0) is 18.5. The third kappa shape index (κ3) is 5.18. The first-order valence-corrected chi connectivity index (χ1v) is 9.70. The maximum Gasteiger partial charge on any atom is 0.164 e. The van der Waals surface area contributed by atoms with Gasteiger partial charge in [-0.05, 0) is 47.9 Å². The van der Waals surface area contributed by atoms with Gasteiger partial charge in [0, 0.05) is 5.56 Å². The maximum atomic E-state index is 5.59. The van der Waals surface area contributed by atoms with E-state index in [-0.39, 0.29) is 7.43 Å². The van der Waals surface area contributed by atoms with Gasteiger partial charge in [-0.3, -0.25) is 0 Å². The van der Waals surface area contributed by atoms with Crippen LogP contribution in [0, 0.1) is 0 Å². The van der Waals surface area contributed by atoms with Gasteiger partial charge in [-0.2, -0.15) is 0 Å². The van der Waals surface area contributed by atoms with Crippen LogP contribution in [0.1, 0.15) is 70.1 Å². The monoisotopic (exact) mass is 370 g/mol. The van der Waals surface area contributed by atoms with Crippen molar-refractivity contribution >= 4 is 0 Å². The fraction of sp³-hybridized carbons (Fsp3) is 0.500. The van der Waals surface area contributed by atoms with Crippen LogP contribution in [0.2, 0.25) is 0 Å². The minimum Gasteiger partial charge on any atom is -0.493 e.